The van der Waals surface area contributed by atoms with Crippen LogP contribution in [0, 0.1) is 0 Å². The maximum absolute atomic E-state index is 13.2. The third-order valence-electron chi connectivity index (χ3n) is 6.34. The zero-order chi connectivity index (χ0) is 22.9. The number of nitrogens with one attached hydrogen (secondary N) is 1. The molecule has 9 heteroatoms. The van der Waals surface area contributed by atoms with Crippen LogP contribution in [0.4, 0.5) is 13.2 Å². The fraction of sp³-hybridized carbons (Fsp3) is 0.417. The van der Waals surface area contributed by atoms with Crippen molar-refractivity contribution in [1.82, 2.24) is 10.2 Å². The standard InChI is InChI=1S/C24H25F3N2O3.Li/c25-24(26,27)19-5-3-4-16(14-19)15-29-13-2-1-6-20(29)21(30)28-23(11-12-23)18-9-7-17(8-10-18)22(31)32;/h3-5,7-10,14,20H,1-2,6,11-13,15H2,(H,28,30)(H,31,32);/q;+1/p-1/t20-;/m1./s1. The maximum Gasteiger partial charge on any atom is 1.00 e. The Morgan fingerprint density at radius 2 is 1.79 bits per heavy atom. The summed E-state index contributed by atoms with van der Waals surface area (Å²) >= 11 is 0. The van der Waals surface area contributed by atoms with Crippen LogP contribution in [0.25, 0.3) is 0 Å². The van der Waals surface area contributed by atoms with Crippen LogP contribution in [0.3, 0.4) is 0 Å². The van der Waals surface area contributed by atoms with Gasteiger partial charge in [0.25, 0.3) is 0 Å². The van der Waals surface area contributed by atoms with Crippen LogP contribution in [0.5, 0.6) is 0 Å². The number of hydrogen-bond acceptors (Lipinski definition) is 4. The summed E-state index contributed by atoms with van der Waals surface area (Å²) in [6, 6.07) is 11.1. The van der Waals surface area contributed by atoms with Gasteiger partial charge in [0.05, 0.1) is 23.1 Å². The first-order valence-corrected chi connectivity index (χ1v) is 10.7. The number of likely N-dealkylation sites (tertiary alicyclic amines) is 1. The van der Waals surface area contributed by atoms with Gasteiger partial charge < -0.3 is 15.2 Å². The molecule has 0 aromatic heterocycles. The van der Waals surface area contributed by atoms with Gasteiger partial charge in [-0.3, -0.25) is 9.69 Å². The van der Waals surface area contributed by atoms with E-state index in [0.29, 0.717) is 18.5 Å². The molecule has 170 valence electrons. The molecule has 1 atom stereocenters. The zero-order valence-electron chi connectivity index (χ0n) is 18.5. The Hall–Kier alpha value is -2.27. The Bertz CT molecular complexity index is 1010. The Kier molecular flexibility index (Phi) is 7.62. The second-order valence-electron chi connectivity index (χ2n) is 8.62. The van der Waals surface area contributed by atoms with Gasteiger partial charge in [-0.2, -0.15) is 13.2 Å². The Balaban J connectivity index is 0.00000306. The van der Waals surface area contributed by atoms with E-state index < -0.39 is 29.3 Å². The van der Waals surface area contributed by atoms with E-state index in [1.165, 1.54) is 18.2 Å². The number of halogens is 3. The SMILES string of the molecule is O=C([O-])c1ccc(C2(NC(=O)[C@H]3CCCCN3Cc3cccc(C(F)(F)F)c3)CC2)cc1.[Li+]. The smallest absolute Gasteiger partial charge is 0.545 e. The van der Waals surface area contributed by atoms with Gasteiger partial charge >= 0.3 is 25.0 Å². The number of carbonyl (C=O) groups excluding carboxylic acids is 2. The molecule has 2 aromatic carbocycles. The third-order valence-corrected chi connectivity index (χ3v) is 6.34. The van der Waals surface area contributed by atoms with Crippen LogP contribution < -0.4 is 29.3 Å². The number of carboxylic acids is 1. The Morgan fingerprint density at radius 3 is 2.39 bits per heavy atom. The number of aromatic carboxylic acids is 1. The van der Waals surface area contributed by atoms with Gasteiger partial charge in [0.15, 0.2) is 0 Å². The molecular weight excluding hydrogens is 428 g/mol. The fourth-order valence-corrected chi connectivity index (χ4v) is 4.41. The molecule has 1 amide bonds. The number of amides is 1. The van der Waals surface area contributed by atoms with Crippen LogP contribution in [0.15, 0.2) is 48.5 Å². The molecule has 0 spiro atoms. The molecule has 2 aliphatic rings. The van der Waals surface area contributed by atoms with E-state index in [-0.39, 0.29) is 36.9 Å². The van der Waals surface area contributed by atoms with Gasteiger partial charge in [0.2, 0.25) is 5.91 Å². The Labute approximate surface area is 202 Å². The van der Waals surface area contributed by atoms with Crippen molar-refractivity contribution >= 4 is 11.9 Å². The van der Waals surface area contributed by atoms with Crippen molar-refractivity contribution in [1.29, 1.82) is 0 Å². The van der Waals surface area contributed by atoms with E-state index in [1.54, 1.807) is 18.2 Å². The third kappa shape index (κ3) is 5.81. The summed E-state index contributed by atoms with van der Waals surface area (Å²) in [6.07, 6.45) is -0.486. The number of nitrogens with zero attached hydrogens (tertiary/aromatic N) is 1. The van der Waals surface area contributed by atoms with Crippen molar-refractivity contribution in [3.05, 3.63) is 70.8 Å². The number of hydrogen-bond donors (Lipinski definition) is 1. The molecule has 2 fully saturated rings. The predicted molar refractivity (Wildman–Crippen MR) is 109 cm³/mol. The molecular formula is C24H24F3LiN2O3. The summed E-state index contributed by atoms with van der Waals surface area (Å²) in [6.45, 7) is 0.914. The average Bonchev–Trinajstić information content (AvgIpc) is 3.54. The molecule has 2 aromatic rings. The van der Waals surface area contributed by atoms with Crippen LogP contribution in [0.1, 0.15) is 59.2 Å². The molecule has 0 radical (unpaired) electrons. The second-order valence-corrected chi connectivity index (χ2v) is 8.62. The Morgan fingerprint density at radius 1 is 1.09 bits per heavy atom. The van der Waals surface area contributed by atoms with Gasteiger partial charge in [0.1, 0.15) is 0 Å². The van der Waals surface area contributed by atoms with Crippen molar-refractivity contribution in [2.75, 3.05) is 6.54 Å². The monoisotopic (exact) mass is 452 g/mol. The van der Waals surface area contributed by atoms with Crippen molar-refractivity contribution in [2.45, 2.75) is 56.4 Å². The maximum atomic E-state index is 13.2. The van der Waals surface area contributed by atoms with Crippen molar-refractivity contribution in [3.8, 4) is 0 Å². The number of rotatable bonds is 6. The van der Waals surface area contributed by atoms with Crippen LogP contribution in [-0.2, 0) is 23.1 Å². The van der Waals surface area contributed by atoms with Crippen LogP contribution in [-0.4, -0.2) is 29.4 Å². The first-order valence-electron chi connectivity index (χ1n) is 10.7. The first-order chi connectivity index (χ1) is 15.2. The number of carbonyl (C=O) groups is 2. The zero-order valence-corrected chi connectivity index (χ0v) is 18.5. The van der Waals surface area contributed by atoms with E-state index in [4.69, 9.17) is 0 Å². The van der Waals surface area contributed by atoms with Gasteiger partial charge in [-0.1, -0.05) is 48.9 Å². The van der Waals surface area contributed by atoms with Crippen LogP contribution >= 0.6 is 0 Å². The van der Waals surface area contributed by atoms with E-state index in [2.05, 4.69) is 5.32 Å². The molecule has 4 rings (SSSR count). The summed E-state index contributed by atoms with van der Waals surface area (Å²) in [4.78, 5) is 26.1. The number of alkyl halides is 3. The topological polar surface area (TPSA) is 72.5 Å². The van der Waals surface area contributed by atoms with Gasteiger partial charge in [0, 0.05) is 6.54 Å². The molecule has 0 bridgehead atoms. The first kappa shape index (κ1) is 25.4. The van der Waals surface area contributed by atoms with Gasteiger partial charge in [-0.15, -0.1) is 0 Å². The molecule has 0 unspecified atom stereocenters. The molecule has 1 aliphatic heterocycles. The second kappa shape index (κ2) is 9.92. The summed E-state index contributed by atoms with van der Waals surface area (Å²) in [5.41, 5.74) is 0.246. The fourth-order valence-electron chi connectivity index (χ4n) is 4.41. The average molecular weight is 452 g/mol. The normalized spacial score (nSPS) is 19.9. The molecule has 5 nitrogen and oxygen atoms in total. The van der Waals surface area contributed by atoms with E-state index in [9.17, 15) is 27.9 Å². The molecule has 1 saturated heterocycles. The van der Waals surface area contributed by atoms with Crippen LogP contribution in [0.2, 0.25) is 0 Å². The number of carboxylic acid groups (broad SMARTS) is 1. The summed E-state index contributed by atoms with van der Waals surface area (Å²) < 4.78 is 39.2. The molecule has 1 heterocycles. The van der Waals surface area contributed by atoms with Gasteiger partial charge in [-0.25, -0.2) is 0 Å². The largest absolute Gasteiger partial charge is 1.00 e. The van der Waals surface area contributed by atoms with E-state index in [0.717, 1.165) is 43.4 Å². The minimum Gasteiger partial charge on any atom is -0.545 e. The summed E-state index contributed by atoms with van der Waals surface area (Å²) in [5, 5.41) is 14.1. The summed E-state index contributed by atoms with van der Waals surface area (Å²) in [5.74, 6) is -1.39. The summed E-state index contributed by atoms with van der Waals surface area (Å²) in [7, 11) is 0. The number of piperidine rings is 1. The van der Waals surface area contributed by atoms with Gasteiger partial charge in [-0.05, 0) is 55.0 Å². The van der Waals surface area contributed by atoms with Crippen molar-refractivity contribution in [3.63, 3.8) is 0 Å². The number of benzene rings is 2. The van der Waals surface area contributed by atoms with Crippen molar-refractivity contribution < 1.29 is 46.7 Å². The van der Waals surface area contributed by atoms with E-state index >= 15 is 0 Å². The minimum atomic E-state index is -4.40. The molecule has 1 aliphatic carbocycles. The molecule has 1 N–H and O–H groups in total. The minimum absolute atomic E-state index is 0. The van der Waals surface area contributed by atoms with E-state index in [1.807, 2.05) is 4.90 Å². The quantitative estimate of drug-likeness (QED) is 0.638. The van der Waals surface area contributed by atoms with Crippen molar-refractivity contribution in [2.24, 2.45) is 0 Å². The molecule has 33 heavy (non-hydrogen) atoms. The molecule has 1 saturated carbocycles. The predicted octanol–water partition coefficient (Wildman–Crippen LogP) is 0.233.